The molecule has 0 spiro atoms. The van der Waals surface area contributed by atoms with E-state index in [0.29, 0.717) is 6.26 Å². The Morgan fingerprint density at radius 2 is 1.43 bits per heavy atom. The number of hydrogen-bond acceptors (Lipinski definition) is 3. The van der Waals surface area contributed by atoms with Crippen LogP contribution in [0.1, 0.15) is 0 Å². The highest BCUT2D eigenvalue weighted by molar-refractivity contribution is 7.85. The average molecular weight is 146 g/mol. The third kappa shape index (κ3) is 1290. The average Bonchev–Trinajstić information content (AvgIpc) is 1.36. The second-order valence-electron chi connectivity index (χ2n) is 0.733. The summed E-state index contributed by atoms with van der Waals surface area (Å²) in [5, 5.41) is 0. The lowest BCUT2D eigenvalue weighted by Gasteiger charge is -1.69. The third-order valence-corrected chi connectivity index (χ3v) is 0. The first kappa shape index (κ1) is 10.3. The SMILES string of the molecule is CS(=O)(=O)O.OP. The van der Waals surface area contributed by atoms with Crippen molar-refractivity contribution < 1.29 is 17.9 Å². The Morgan fingerprint density at radius 1 is 1.43 bits per heavy atom. The van der Waals surface area contributed by atoms with Crippen molar-refractivity contribution in [2.45, 2.75) is 0 Å². The van der Waals surface area contributed by atoms with Crippen LogP contribution in [0.4, 0.5) is 0 Å². The van der Waals surface area contributed by atoms with E-state index in [9.17, 15) is 8.42 Å². The molecule has 0 saturated heterocycles. The summed E-state index contributed by atoms with van der Waals surface area (Å²) in [6.07, 6.45) is 0.715. The molecule has 0 aromatic heterocycles. The minimum Gasteiger partial charge on any atom is -0.380 e. The molecular formula is CH7O4PS. The molecule has 0 aromatic carbocycles. The standard InChI is InChI=1S/CH4O3S.H3OP/c1-5(2,3)4;1-2/h1H3,(H,2,3,4);1H,2H2. The Bertz CT molecular complexity index is 94.9. The fourth-order valence-electron chi connectivity index (χ4n) is 0. The zero-order chi connectivity index (χ0) is 6.50. The molecule has 0 saturated carbocycles. The van der Waals surface area contributed by atoms with Gasteiger partial charge in [0.15, 0.2) is 0 Å². The maximum Gasteiger partial charge on any atom is 0.261 e. The van der Waals surface area contributed by atoms with Gasteiger partial charge in [0.1, 0.15) is 0 Å². The normalized spacial score (nSPS) is 9.14. The highest BCUT2D eigenvalue weighted by Gasteiger charge is 1.81. The van der Waals surface area contributed by atoms with E-state index < -0.39 is 10.1 Å². The van der Waals surface area contributed by atoms with Crippen LogP contribution >= 0.6 is 9.47 Å². The molecule has 46 valence electrons. The first-order chi connectivity index (χ1) is 3.00. The largest absolute Gasteiger partial charge is 0.380 e. The lowest BCUT2D eigenvalue weighted by molar-refractivity contribution is 0.490. The molecule has 0 heterocycles. The summed E-state index contributed by atoms with van der Waals surface area (Å²) in [4.78, 5) is 6.92. The molecule has 0 rings (SSSR count). The molecule has 6 heteroatoms. The fraction of sp³-hybridized carbons (Fsp3) is 1.00. The smallest absolute Gasteiger partial charge is 0.261 e. The third-order valence-electron chi connectivity index (χ3n) is 0. The molecule has 0 aliphatic heterocycles. The molecule has 7 heavy (non-hydrogen) atoms. The Labute approximate surface area is 44.6 Å². The van der Waals surface area contributed by atoms with Crippen molar-refractivity contribution >= 4 is 19.6 Å². The molecule has 0 radical (unpaired) electrons. The highest BCUT2D eigenvalue weighted by Crippen LogP contribution is 1.60. The van der Waals surface area contributed by atoms with Gasteiger partial charge in [0, 0.05) is 0 Å². The van der Waals surface area contributed by atoms with Crippen LogP contribution < -0.4 is 0 Å². The van der Waals surface area contributed by atoms with Crippen molar-refractivity contribution in [3.05, 3.63) is 0 Å². The van der Waals surface area contributed by atoms with Gasteiger partial charge < -0.3 is 4.89 Å². The predicted octanol–water partition coefficient (Wildman–Crippen LogP) is -0.727. The van der Waals surface area contributed by atoms with Gasteiger partial charge in [-0.05, 0) is 9.47 Å². The van der Waals surface area contributed by atoms with Crippen LogP contribution in [0.15, 0.2) is 0 Å². The van der Waals surface area contributed by atoms with E-state index in [1.807, 2.05) is 0 Å². The van der Waals surface area contributed by atoms with E-state index >= 15 is 0 Å². The Balaban J connectivity index is 0. The second-order valence-corrected chi connectivity index (χ2v) is 2.20. The maximum absolute atomic E-state index is 9.19. The summed E-state index contributed by atoms with van der Waals surface area (Å²) in [5.41, 5.74) is 0. The topological polar surface area (TPSA) is 74.6 Å². The van der Waals surface area contributed by atoms with Gasteiger partial charge in [0.25, 0.3) is 10.1 Å². The Hall–Kier alpha value is 0.300. The maximum atomic E-state index is 9.19. The van der Waals surface area contributed by atoms with Gasteiger partial charge in [0.2, 0.25) is 0 Å². The van der Waals surface area contributed by atoms with Crippen molar-refractivity contribution in [2.24, 2.45) is 0 Å². The van der Waals surface area contributed by atoms with Crippen molar-refractivity contribution in [2.75, 3.05) is 6.26 Å². The quantitative estimate of drug-likeness (QED) is 0.349. The van der Waals surface area contributed by atoms with E-state index in [0.717, 1.165) is 0 Å². The van der Waals surface area contributed by atoms with E-state index in [4.69, 9.17) is 9.45 Å². The zero-order valence-electron chi connectivity index (χ0n) is 3.70. The van der Waals surface area contributed by atoms with Gasteiger partial charge in [-0.3, -0.25) is 4.55 Å². The molecular weight excluding hydrogens is 139 g/mol. The van der Waals surface area contributed by atoms with Crippen LogP contribution in [-0.2, 0) is 10.1 Å². The van der Waals surface area contributed by atoms with E-state index in [1.165, 1.54) is 9.47 Å². The van der Waals surface area contributed by atoms with Gasteiger partial charge in [-0.1, -0.05) is 0 Å². The molecule has 0 aromatic rings. The second kappa shape index (κ2) is 4.46. The predicted molar refractivity (Wildman–Crippen MR) is 29.4 cm³/mol. The Kier molecular flexibility index (Phi) is 6.57. The molecule has 0 fully saturated rings. The van der Waals surface area contributed by atoms with Crippen molar-refractivity contribution in [3.8, 4) is 0 Å². The molecule has 4 nitrogen and oxygen atoms in total. The zero-order valence-corrected chi connectivity index (χ0v) is 5.67. The summed E-state index contributed by atoms with van der Waals surface area (Å²) in [6, 6.07) is 0. The van der Waals surface area contributed by atoms with Crippen molar-refractivity contribution in [3.63, 3.8) is 0 Å². The summed E-state index contributed by atoms with van der Waals surface area (Å²) < 4.78 is 25.9. The summed E-state index contributed by atoms with van der Waals surface area (Å²) in [6.45, 7) is 0. The van der Waals surface area contributed by atoms with Crippen LogP contribution in [-0.4, -0.2) is 24.1 Å². The fourth-order valence-corrected chi connectivity index (χ4v) is 0. The van der Waals surface area contributed by atoms with Crippen LogP contribution in [0.3, 0.4) is 0 Å². The van der Waals surface area contributed by atoms with Crippen LogP contribution in [0.25, 0.3) is 0 Å². The van der Waals surface area contributed by atoms with E-state index in [-0.39, 0.29) is 0 Å². The molecule has 0 bridgehead atoms. The van der Waals surface area contributed by atoms with E-state index in [1.54, 1.807) is 0 Å². The molecule has 0 amide bonds. The van der Waals surface area contributed by atoms with Crippen LogP contribution in [0.5, 0.6) is 0 Å². The minimum atomic E-state index is -3.67. The molecule has 1 unspecified atom stereocenters. The molecule has 2 N–H and O–H groups in total. The number of rotatable bonds is 0. The van der Waals surface area contributed by atoms with E-state index in [2.05, 4.69) is 0 Å². The summed E-state index contributed by atoms with van der Waals surface area (Å²) >= 11 is 0. The molecule has 1 atom stereocenters. The van der Waals surface area contributed by atoms with Crippen LogP contribution in [0, 0.1) is 0 Å². The molecule has 0 aliphatic carbocycles. The highest BCUT2D eigenvalue weighted by atomic mass is 32.2. The van der Waals surface area contributed by atoms with Crippen molar-refractivity contribution in [1.82, 2.24) is 0 Å². The van der Waals surface area contributed by atoms with Gasteiger partial charge in [0.05, 0.1) is 6.26 Å². The van der Waals surface area contributed by atoms with Gasteiger partial charge in [-0.2, -0.15) is 8.42 Å². The minimum absolute atomic E-state index is 0.715. The summed E-state index contributed by atoms with van der Waals surface area (Å²) in [7, 11) is -2.25. The van der Waals surface area contributed by atoms with Gasteiger partial charge in [-0.25, -0.2) is 0 Å². The van der Waals surface area contributed by atoms with Crippen molar-refractivity contribution in [1.29, 1.82) is 0 Å². The Morgan fingerprint density at radius 3 is 1.43 bits per heavy atom. The first-order valence-electron chi connectivity index (χ1n) is 1.18. The lowest BCUT2D eigenvalue weighted by atomic mass is 12.0. The van der Waals surface area contributed by atoms with Crippen LogP contribution in [0.2, 0.25) is 0 Å². The monoisotopic (exact) mass is 146 g/mol. The molecule has 0 aliphatic rings. The lowest BCUT2D eigenvalue weighted by Crippen LogP contribution is -1.88. The first-order valence-corrected chi connectivity index (χ1v) is 3.55. The summed E-state index contributed by atoms with van der Waals surface area (Å²) in [5.74, 6) is 0. The van der Waals surface area contributed by atoms with Gasteiger partial charge >= 0.3 is 0 Å². The van der Waals surface area contributed by atoms with Gasteiger partial charge in [-0.15, -0.1) is 0 Å². The number of hydrogen-bond donors (Lipinski definition) is 2.